The van der Waals surface area contributed by atoms with Gasteiger partial charge < -0.3 is 10.1 Å². The summed E-state index contributed by atoms with van der Waals surface area (Å²) in [6, 6.07) is 5.40. The largest absolute Gasteiger partial charge is 0.477 e. The molecule has 0 radical (unpaired) electrons. The highest BCUT2D eigenvalue weighted by atomic mass is 79.9. The highest BCUT2D eigenvalue weighted by Gasteiger charge is 2.16. The molecule has 14 heavy (non-hydrogen) atoms. The van der Waals surface area contributed by atoms with E-state index in [2.05, 4.69) is 20.9 Å². The standard InChI is InChI=1S/C9H5BrClNO2/c10-4-2-1-3-5-6(4)7(11)8(12-5)9(13)14/h1-3,12H,(H,13,14). The Morgan fingerprint density at radius 2 is 2.21 bits per heavy atom. The number of fused-ring (bicyclic) bond motifs is 1. The number of aromatic amines is 1. The highest BCUT2D eigenvalue weighted by Crippen LogP contribution is 2.33. The van der Waals surface area contributed by atoms with Gasteiger partial charge in [0.2, 0.25) is 0 Å². The van der Waals surface area contributed by atoms with Crippen molar-refractivity contribution in [1.82, 2.24) is 4.98 Å². The van der Waals surface area contributed by atoms with Crippen LogP contribution in [0.4, 0.5) is 0 Å². The van der Waals surface area contributed by atoms with Crippen molar-refractivity contribution in [3.8, 4) is 0 Å². The van der Waals surface area contributed by atoms with Crippen LogP contribution < -0.4 is 0 Å². The van der Waals surface area contributed by atoms with Crippen LogP contribution in [-0.2, 0) is 0 Å². The van der Waals surface area contributed by atoms with E-state index in [0.29, 0.717) is 10.9 Å². The van der Waals surface area contributed by atoms with E-state index in [4.69, 9.17) is 16.7 Å². The van der Waals surface area contributed by atoms with Gasteiger partial charge in [-0.25, -0.2) is 4.79 Å². The number of hydrogen-bond donors (Lipinski definition) is 2. The van der Waals surface area contributed by atoms with Gasteiger partial charge >= 0.3 is 5.97 Å². The molecule has 0 aliphatic rings. The Labute approximate surface area is 92.8 Å². The zero-order valence-electron chi connectivity index (χ0n) is 6.84. The molecule has 72 valence electrons. The van der Waals surface area contributed by atoms with E-state index in [-0.39, 0.29) is 10.7 Å². The molecule has 0 saturated heterocycles. The van der Waals surface area contributed by atoms with Crippen LogP contribution in [0.2, 0.25) is 5.02 Å². The average Bonchev–Trinajstić information content (AvgIpc) is 2.45. The quantitative estimate of drug-likeness (QED) is 0.838. The van der Waals surface area contributed by atoms with Crippen molar-refractivity contribution >= 4 is 44.4 Å². The first-order chi connectivity index (χ1) is 6.61. The van der Waals surface area contributed by atoms with Crippen LogP contribution in [-0.4, -0.2) is 16.1 Å². The minimum atomic E-state index is -1.06. The summed E-state index contributed by atoms with van der Waals surface area (Å²) >= 11 is 9.23. The summed E-state index contributed by atoms with van der Waals surface area (Å²) in [5.74, 6) is -1.06. The lowest BCUT2D eigenvalue weighted by atomic mass is 10.2. The Hall–Kier alpha value is -1.000. The molecule has 1 aromatic carbocycles. The number of hydrogen-bond acceptors (Lipinski definition) is 1. The summed E-state index contributed by atoms with van der Waals surface area (Å²) in [5, 5.41) is 9.76. The number of benzene rings is 1. The van der Waals surface area contributed by atoms with Gasteiger partial charge in [-0.3, -0.25) is 0 Å². The summed E-state index contributed by atoms with van der Waals surface area (Å²) in [7, 11) is 0. The Morgan fingerprint density at radius 3 is 2.79 bits per heavy atom. The van der Waals surface area contributed by atoms with Crippen molar-refractivity contribution in [3.63, 3.8) is 0 Å². The SMILES string of the molecule is O=C(O)c1[nH]c2cccc(Br)c2c1Cl. The van der Waals surface area contributed by atoms with E-state index in [1.165, 1.54) is 0 Å². The second kappa shape index (κ2) is 3.29. The number of aromatic nitrogens is 1. The predicted octanol–water partition coefficient (Wildman–Crippen LogP) is 3.28. The maximum absolute atomic E-state index is 10.8. The number of carbonyl (C=O) groups is 1. The number of H-pyrrole nitrogens is 1. The minimum absolute atomic E-state index is 0.0218. The van der Waals surface area contributed by atoms with Gasteiger partial charge in [-0.15, -0.1) is 0 Å². The summed E-state index contributed by atoms with van der Waals surface area (Å²) in [6.45, 7) is 0. The Kier molecular flexibility index (Phi) is 2.25. The third kappa shape index (κ3) is 1.31. The van der Waals surface area contributed by atoms with E-state index in [9.17, 15) is 4.79 Å². The number of rotatable bonds is 1. The van der Waals surface area contributed by atoms with Gasteiger partial charge in [-0.05, 0) is 12.1 Å². The number of aromatic carboxylic acids is 1. The first kappa shape index (κ1) is 9.55. The fourth-order valence-electron chi connectivity index (χ4n) is 1.31. The van der Waals surface area contributed by atoms with Crippen LogP contribution in [0, 0.1) is 0 Å². The smallest absolute Gasteiger partial charge is 0.353 e. The topological polar surface area (TPSA) is 53.1 Å². The number of halogens is 2. The minimum Gasteiger partial charge on any atom is -0.477 e. The molecule has 2 rings (SSSR count). The molecule has 0 amide bonds. The van der Waals surface area contributed by atoms with Gasteiger partial charge in [0, 0.05) is 15.4 Å². The van der Waals surface area contributed by atoms with Gasteiger partial charge in [-0.2, -0.15) is 0 Å². The van der Waals surface area contributed by atoms with E-state index < -0.39 is 5.97 Å². The average molecular weight is 275 g/mol. The van der Waals surface area contributed by atoms with Crippen LogP contribution in [0.1, 0.15) is 10.5 Å². The van der Waals surface area contributed by atoms with Gasteiger partial charge in [0.05, 0.1) is 5.02 Å². The van der Waals surface area contributed by atoms with Gasteiger partial charge in [-0.1, -0.05) is 33.6 Å². The van der Waals surface area contributed by atoms with Crippen LogP contribution in [0.15, 0.2) is 22.7 Å². The Balaban J connectivity index is 2.87. The fraction of sp³-hybridized carbons (Fsp3) is 0. The molecule has 2 N–H and O–H groups in total. The number of nitrogens with one attached hydrogen (secondary N) is 1. The Morgan fingerprint density at radius 1 is 1.50 bits per heavy atom. The number of carboxylic acids is 1. The molecule has 0 spiro atoms. The van der Waals surface area contributed by atoms with E-state index >= 15 is 0 Å². The van der Waals surface area contributed by atoms with E-state index in [1.807, 2.05) is 12.1 Å². The summed E-state index contributed by atoms with van der Waals surface area (Å²) in [4.78, 5) is 13.5. The molecule has 0 bridgehead atoms. The van der Waals surface area contributed by atoms with Crippen LogP contribution >= 0.6 is 27.5 Å². The lowest BCUT2D eigenvalue weighted by molar-refractivity contribution is 0.0692. The molecule has 1 heterocycles. The van der Waals surface area contributed by atoms with Crippen molar-refractivity contribution in [1.29, 1.82) is 0 Å². The zero-order valence-corrected chi connectivity index (χ0v) is 9.19. The monoisotopic (exact) mass is 273 g/mol. The van der Waals surface area contributed by atoms with Gasteiger partial charge in [0.1, 0.15) is 5.69 Å². The van der Waals surface area contributed by atoms with E-state index in [1.54, 1.807) is 6.07 Å². The second-order valence-corrected chi connectivity index (χ2v) is 4.01. The molecule has 1 aromatic heterocycles. The molecular weight excluding hydrogens is 269 g/mol. The van der Waals surface area contributed by atoms with Crippen molar-refractivity contribution < 1.29 is 9.90 Å². The lowest BCUT2D eigenvalue weighted by Gasteiger charge is -1.92. The van der Waals surface area contributed by atoms with Crippen molar-refractivity contribution in [2.24, 2.45) is 0 Å². The van der Waals surface area contributed by atoms with Gasteiger partial charge in [0.25, 0.3) is 0 Å². The Bertz CT molecular complexity index is 521. The molecule has 3 nitrogen and oxygen atoms in total. The van der Waals surface area contributed by atoms with E-state index in [0.717, 1.165) is 4.47 Å². The second-order valence-electron chi connectivity index (χ2n) is 2.78. The van der Waals surface area contributed by atoms with Crippen LogP contribution in [0.25, 0.3) is 10.9 Å². The molecule has 5 heteroatoms. The zero-order chi connectivity index (χ0) is 10.3. The first-order valence-electron chi connectivity index (χ1n) is 3.80. The van der Waals surface area contributed by atoms with Crippen molar-refractivity contribution in [3.05, 3.63) is 33.4 Å². The van der Waals surface area contributed by atoms with Crippen LogP contribution in [0.5, 0.6) is 0 Å². The molecule has 2 aromatic rings. The molecular formula is C9H5BrClNO2. The number of carboxylic acid groups (broad SMARTS) is 1. The summed E-state index contributed by atoms with van der Waals surface area (Å²) in [5.41, 5.74) is 0.732. The first-order valence-corrected chi connectivity index (χ1v) is 4.97. The molecule has 0 fully saturated rings. The van der Waals surface area contributed by atoms with Crippen molar-refractivity contribution in [2.45, 2.75) is 0 Å². The summed E-state index contributed by atoms with van der Waals surface area (Å²) < 4.78 is 0.781. The maximum atomic E-state index is 10.8. The molecule has 0 aliphatic heterocycles. The van der Waals surface area contributed by atoms with Crippen LogP contribution in [0.3, 0.4) is 0 Å². The molecule has 0 unspecified atom stereocenters. The molecule has 0 atom stereocenters. The van der Waals surface area contributed by atoms with Crippen molar-refractivity contribution in [2.75, 3.05) is 0 Å². The normalized spacial score (nSPS) is 10.7. The third-order valence-electron chi connectivity index (χ3n) is 1.93. The maximum Gasteiger partial charge on any atom is 0.353 e. The summed E-state index contributed by atoms with van der Waals surface area (Å²) in [6.07, 6.45) is 0. The molecule has 0 saturated carbocycles. The highest BCUT2D eigenvalue weighted by molar-refractivity contribution is 9.10. The lowest BCUT2D eigenvalue weighted by Crippen LogP contribution is -1.96. The van der Waals surface area contributed by atoms with Gasteiger partial charge in [0.15, 0.2) is 0 Å². The fourth-order valence-corrected chi connectivity index (χ4v) is 2.32. The third-order valence-corrected chi connectivity index (χ3v) is 2.96. The predicted molar refractivity (Wildman–Crippen MR) is 58.0 cm³/mol. The molecule has 0 aliphatic carbocycles.